The monoisotopic (exact) mass is 165 g/mol. The van der Waals surface area contributed by atoms with Gasteiger partial charge in [0.05, 0.1) is 0 Å². The molecule has 3 nitrogen and oxygen atoms in total. The number of nitrogens with zero attached hydrogens (tertiary/aromatic N) is 3. The Labute approximate surface area is 73.4 Å². The Bertz CT molecular complexity index is 260. The van der Waals surface area contributed by atoms with Crippen molar-refractivity contribution < 1.29 is 0 Å². The SMILES string of the molecule is C=Cc1ncnn1C(=C)C.CC. The highest BCUT2D eigenvalue weighted by Crippen LogP contribution is 2.01. The minimum absolute atomic E-state index is 0.729. The minimum atomic E-state index is 0.729. The molecule has 0 aliphatic carbocycles. The number of aromatic nitrogens is 3. The lowest BCUT2D eigenvalue weighted by molar-refractivity contribution is 0.886. The summed E-state index contributed by atoms with van der Waals surface area (Å²) in [4.78, 5) is 3.93. The molecular weight excluding hydrogens is 150 g/mol. The van der Waals surface area contributed by atoms with Gasteiger partial charge in [0.1, 0.15) is 6.33 Å². The predicted molar refractivity (Wildman–Crippen MR) is 52.5 cm³/mol. The Balaban J connectivity index is 0.000000561. The van der Waals surface area contributed by atoms with Gasteiger partial charge in [0.2, 0.25) is 0 Å². The molecule has 0 atom stereocenters. The second-order valence-electron chi connectivity index (χ2n) is 1.97. The molecule has 0 aliphatic heterocycles. The molecule has 66 valence electrons. The average molecular weight is 165 g/mol. The van der Waals surface area contributed by atoms with E-state index in [1.807, 2.05) is 20.8 Å². The Morgan fingerprint density at radius 2 is 2.17 bits per heavy atom. The molecule has 12 heavy (non-hydrogen) atoms. The lowest BCUT2D eigenvalue weighted by atomic mass is 10.5. The third kappa shape index (κ3) is 2.34. The van der Waals surface area contributed by atoms with Crippen molar-refractivity contribution >= 4 is 11.8 Å². The third-order valence-corrected chi connectivity index (χ3v) is 1.12. The fourth-order valence-electron chi connectivity index (χ4n) is 0.684. The van der Waals surface area contributed by atoms with Crippen LogP contribution in [0.1, 0.15) is 26.6 Å². The van der Waals surface area contributed by atoms with E-state index in [0.717, 1.165) is 11.5 Å². The zero-order valence-corrected chi connectivity index (χ0v) is 7.91. The second-order valence-corrected chi connectivity index (χ2v) is 1.97. The van der Waals surface area contributed by atoms with Crippen molar-refractivity contribution in [3.05, 3.63) is 25.3 Å². The van der Waals surface area contributed by atoms with E-state index in [4.69, 9.17) is 0 Å². The van der Waals surface area contributed by atoms with Gasteiger partial charge in [-0.1, -0.05) is 27.0 Å². The topological polar surface area (TPSA) is 30.7 Å². The van der Waals surface area contributed by atoms with Gasteiger partial charge < -0.3 is 0 Å². The summed E-state index contributed by atoms with van der Waals surface area (Å²) in [6.07, 6.45) is 3.12. The molecule has 0 aromatic carbocycles. The van der Waals surface area contributed by atoms with E-state index in [-0.39, 0.29) is 0 Å². The van der Waals surface area contributed by atoms with Crippen LogP contribution in [0.2, 0.25) is 0 Å². The summed E-state index contributed by atoms with van der Waals surface area (Å²) < 4.78 is 1.63. The third-order valence-electron chi connectivity index (χ3n) is 1.12. The van der Waals surface area contributed by atoms with Crippen LogP contribution in [0, 0.1) is 0 Å². The maximum Gasteiger partial charge on any atom is 0.154 e. The quantitative estimate of drug-likeness (QED) is 0.673. The normalized spacial score (nSPS) is 8.25. The van der Waals surface area contributed by atoms with Gasteiger partial charge in [0, 0.05) is 5.70 Å². The molecule has 0 aliphatic rings. The fourth-order valence-corrected chi connectivity index (χ4v) is 0.684. The Morgan fingerprint density at radius 1 is 1.58 bits per heavy atom. The molecule has 0 saturated carbocycles. The molecule has 0 radical (unpaired) electrons. The van der Waals surface area contributed by atoms with E-state index in [1.54, 1.807) is 10.8 Å². The van der Waals surface area contributed by atoms with E-state index < -0.39 is 0 Å². The summed E-state index contributed by atoms with van der Waals surface area (Å²) in [5.74, 6) is 0.729. The van der Waals surface area contributed by atoms with E-state index in [2.05, 4.69) is 23.2 Å². The van der Waals surface area contributed by atoms with Gasteiger partial charge in [-0.2, -0.15) is 5.10 Å². The molecule has 0 bridgehead atoms. The van der Waals surface area contributed by atoms with Gasteiger partial charge in [-0.3, -0.25) is 0 Å². The summed E-state index contributed by atoms with van der Waals surface area (Å²) in [6, 6.07) is 0. The first kappa shape index (κ1) is 10.6. The molecular formula is C9H15N3. The minimum Gasteiger partial charge on any atom is -0.219 e. The van der Waals surface area contributed by atoms with E-state index in [0.29, 0.717) is 0 Å². The maximum atomic E-state index is 3.93. The van der Waals surface area contributed by atoms with Gasteiger partial charge >= 0.3 is 0 Å². The molecule has 1 aromatic rings. The number of allylic oxidation sites excluding steroid dienone is 1. The first-order valence-corrected chi connectivity index (χ1v) is 3.94. The second kappa shape index (κ2) is 5.29. The zero-order chi connectivity index (χ0) is 9.56. The van der Waals surface area contributed by atoms with Crippen LogP contribution in [0.3, 0.4) is 0 Å². The lowest BCUT2D eigenvalue weighted by Gasteiger charge is -1.98. The van der Waals surface area contributed by atoms with Crippen molar-refractivity contribution in [1.29, 1.82) is 0 Å². The highest BCUT2D eigenvalue weighted by molar-refractivity contribution is 5.46. The first-order valence-electron chi connectivity index (χ1n) is 3.94. The van der Waals surface area contributed by atoms with Gasteiger partial charge in [0.15, 0.2) is 5.82 Å². The van der Waals surface area contributed by atoms with Gasteiger partial charge in [-0.25, -0.2) is 9.67 Å². The predicted octanol–water partition coefficient (Wildman–Crippen LogP) is 2.44. The lowest BCUT2D eigenvalue weighted by Crippen LogP contribution is -1.96. The molecule has 0 fully saturated rings. The maximum absolute atomic E-state index is 3.93. The zero-order valence-electron chi connectivity index (χ0n) is 7.91. The summed E-state index contributed by atoms with van der Waals surface area (Å²) in [6.45, 7) is 13.2. The highest BCUT2D eigenvalue weighted by atomic mass is 15.3. The molecule has 0 N–H and O–H groups in total. The van der Waals surface area contributed by atoms with Gasteiger partial charge in [0.25, 0.3) is 0 Å². The van der Waals surface area contributed by atoms with Crippen LogP contribution in [0.15, 0.2) is 19.5 Å². The van der Waals surface area contributed by atoms with Crippen molar-refractivity contribution in [2.75, 3.05) is 0 Å². The van der Waals surface area contributed by atoms with Crippen LogP contribution in [0.4, 0.5) is 0 Å². The molecule has 1 rings (SSSR count). The molecule has 3 heteroatoms. The molecule has 1 heterocycles. The van der Waals surface area contributed by atoms with Crippen LogP contribution < -0.4 is 0 Å². The van der Waals surface area contributed by atoms with Crippen LogP contribution in [-0.4, -0.2) is 14.8 Å². The van der Waals surface area contributed by atoms with Crippen molar-refractivity contribution in [2.24, 2.45) is 0 Å². The van der Waals surface area contributed by atoms with Gasteiger partial charge in [-0.05, 0) is 13.0 Å². The van der Waals surface area contributed by atoms with Crippen molar-refractivity contribution in [2.45, 2.75) is 20.8 Å². The highest BCUT2D eigenvalue weighted by Gasteiger charge is 1.97. The largest absolute Gasteiger partial charge is 0.219 e. The summed E-state index contributed by atoms with van der Waals surface area (Å²) in [7, 11) is 0. The standard InChI is InChI=1S/C7H9N3.C2H6/c1-4-7-8-5-9-10(7)6(2)3;1-2/h4-5H,1-2H2,3H3;1-2H3. The van der Waals surface area contributed by atoms with Crippen molar-refractivity contribution in [3.63, 3.8) is 0 Å². The number of hydrogen-bond acceptors (Lipinski definition) is 2. The molecule has 0 saturated heterocycles. The van der Waals surface area contributed by atoms with Crippen molar-refractivity contribution in [3.8, 4) is 0 Å². The summed E-state index contributed by atoms with van der Waals surface area (Å²) in [5.41, 5.74) is 0.840. The molecule has 0 unspecified atom stereocenters. The smallest absolute Gasteiger partial charge is 0.154 e. The van der Waals surface area contributed by atoms with Crippen LogP contribution in [-0.2, 0) is 0 Å². The Kier molecular flexibility index (Phi) is 4.69. The van der Waals surface area contributed by atoms with Crippen molar-refractivity contribution in [1.82, 2.24) is 14.8 Å². The Hall–Kier alpha value is -1.38. The van der Waals surface area contributed by atoms with Crippen LogP contribution in [0.25, 0.3) is 11.8 Å². The van der Waals surface area contributed by atoms with Gasteiger partial charge in [-0.15, -0.1) is 0 Å². The van der Waals surface area contributed by atoms with Crippen LogP contribution >= 0.6 is 0 Å². The average Bonchev–Trinajstić information content (AvgIpc) is 2.55. The number of rotatable bonds is 2. The van der Waals surface area contributed by atoms with E-state index in [9.17, 15) is 0 Å². The summed E-state index contributed by atoms with van der Waals surface area (Å²) in [5, 5.41) is 3.92. The molecule has 0 amide bonds. The number of hydrogen-bond donors (Lipinski definition) is 0. The van der Waals surface area contributed by atoms with Crippen LogP contribution in [0.5, 0.6) is 0 Å². The van der Waals surface area contributed by atoms with E-state index >= 15 is 0 Å². The summed E-state index contributed by atoms with van der Waals surface area (Å²) >= 11 is 0. The molecule has 0 spiro atoms. The first-order chi connectivity index (χ1) is 5.75. The Morgan fingerprint density at radius 3 is 2.50 bits per heavy atom. The molecule has 1 aromatic heterocycles. The van der Waals surface area contributed by atoms with E-state index in [1.165, 1.54) is 6.33 Å². The fraction of sp³-hybridized carbons (Fsp3) is 0.333.